The summed E-state index contributed by atoms with van der Waals surface area (Å²) in [7, 11) is 0. The van der Waals surface area contributed by atoms with E-state index in [9.17, 15) is 9.59 Å². The normalized spacial score (nSPS) is 21.2. The molecule has 3 N–H and O–H groups in total. The number of aromatic nitrogens is 1. The summed E-state index contributed by atoms with van der Waals surface area (Å²) in [6, 6.07) is 12.6. The Bertz CT molecular complexity index is 873. The van der Waals surface area contributed by atoms with Crippen molar-refractivity contribution >= 4 is 11.8 Å². The van der Waals surface area contributed by atoms with Gasteiger partial charge >= 0.3 is 0 Å². The second-order valence-electron chi connectivity index (χ2n) is 8.00. The van der Waals surface area contributed by atoms with Crippen molar-refractivity contribution in [3.63, 3.8) is 0 Å². The molecular formula is C23H29N5O2. The van der Waals surface area contributed by atoms with Gasteiger partial charge in [-0.25, -0.2) is 5.43 Å². The third-order valence-corrected chi connectivity index (χ3v) is 5.92. The van der Waals surface area contributed by atoms with Crippen LogP contribution in [0.4, 0.5) is 0 Å². The lowest BCUT2D eigenvalue weighted by Crippen LogP contribution is -2.28. The van der Waals surface area contributed by atoms with Gasteiger partial charge in [0, 0.05) is 57.3 Å². The number of carbonyl (C=O) groups excluding carboxylic acids is 2. The molecule has 1 aromatic carbocycles. The highest BCUT2D eigenvalue weighted by Crippen LogP contribution is 2.33. The van der Waals surface area contributed by atoms with Crippen molar-refractivity contribution in [2.45, 2.75) is 44.2 Å². The standard InChI is InChI=1S/C23H29N5O2/c29-21(6-2-12-28-13-3-7-22(28)30)25-15-17-4-1-5-19(14-17)23-20(16-26-27-23)18-8-10-24-11-9-18/h1,4-5,8-11,14,20,23,26-27H,2-3,6-7,12-13,15-16H2,(H,25,29). The predicted octanol–water partition coefficient (Wildman–Crippen LogP) is 2.03. The number of hydrazine groups is 1. The van der Waals surface area contributed by atoms with Gasteiger partial charge in [-0.15, -0.1) is 0 Å². The van der Waals surface area contributed by atoms with Gasteiger partial charge in [-0.05, 0) is 41.7 Å². The molecule has 0 bridgehead atoms. The summed E-state index contributed by atoms with van der Waals surface area (Å²) in [5.41, 5.74) is 10.2. The van der Waals surface area contributed by atoms with E-state index in [2.05, 4.69) is 45.4 Å². The van der Waals surface area contributed by atoms with Gasteiger partial charge in [0.25, 0.3) is 0 Å². The van der Waals surface area contributed by atoms with Crippen LogP contribution in [0.5, 0.6) is 0 Å². The fraction of sp³-hybridized carbons (Fsp3) is 0.435. The zero-order valence-electron chi connectivity index (χ0n) is 17.1. The second kappa shape index (κ2) is 9.82. The van der Waals surface area contributed by atoms with E-state index in [1.807, 2.05) is 29.4 Å². The molecule has 2 aliphatic heterocycles. The maximum atomic E-state index is 12.2. The highest BCUT2D eigenvalue weighted by Gasteiger charge is 2.29. The number of likely N-dealkylation sites (tertiary alicyclic amines) is 1. The number of benzene rings is 1. The molecule has 2 amide bonds. The highest BCUT2D eigenvalue weighted by molar-refractivity contribution is 5.78. The largest absolute Gasteiger partial charge is 0.352 e. The Kier molecular flexibility index (Phi) is 6.71. The quantitative estimate of drug-likeness (QED) is 0.623. The molecule has 0 aliphatic carbocycles. The molecular weight excluding hydrogens is 378 g/mol. The van der Waals surface area contributed by atoms with Crippen molar-refractivity contribution in [3.8, 4) is 0 Å². The minimum absolute atomic E-state index is 0.0300. The first kappa shape index (κ1) is 20.5. The van der Waals surface area contributed by atoms with E-state index in [-0.39, 0.29) is 17.9 Å². The Labute approximate surface area is 177 Å². The fourth-order valence-electron chi connectivity index (χ4n) is 4.29. The average Bonchev–Trinajstić information content (AvgIpc) is 3.43. The van der Waals surface area contributed by atoms with E-state index >= 15 is 0 Å². The molecule has 2 atom stereocenters. The molecule has 7 heteroatoms. The molecule has 4 rings (SSSR count). The van der Waals surface area contributed by atoms with Crippen molar-refractivity contribution in [1.82, 2.24) is 26.1 Å². The zero-order chi connectivity index (χ0) is 20.8. The van der Waals surface area contributed by atoms with Gasteiger partial charge in [-0.1, -0.05) is 24.3 Å². The summed E-state index contributed by atoms with van der Waals surface area (Å²) < 4.78 is 0. The van der Waals surface area contributed by atoms with Crippen molar-refractivity contribution in [2.24, 2.45) is 0 Å². The molecule has 0 radical (unpaired) electrons. The Morgan fingerprint density at radius 3 is 2.87 bits per heavy atom. The summed E-state index contributed by atoms with van der Waals surface area (Å²) in [6.07, 6.45) is 6.40. The van der Waals surface area contributed by atoms with Crippen LogP contribution in [0.1, 0.15) is 54.3 Å². The van der Waals surface area contributed by atoms with Gasteiger partial charge < -0.3 is 10.2 Å². The molecule has 7 nitrogen and oxygen atoms in total. The van der Waals surface area contributed by atoms with Crippen LogP contribution in [0.2, 0.25) is 0 Å². The average molecular weight is 408 g/mol. The maximum absolute atomic E-state index is 12.2. The number of nitrogens with zero attached hydrogens (tertiary/aromatic N) is 2. The van der Waals surface area contributed by atoms with Crippen LogP contribution in [0.3, 0.4) is 0 Å². The minimum Gasteiger partial charge on any atom is -0.352 e. The van der Waals surface area contributed by atoms with Crippen molar-refractivity contribution in [2.75, 3.05) is 19.6 Å². The van der Waals surface area contributed by atoms with Gasteiger partial charge in [0.15, 0.2) is 0 Å². The number of carbonyl (C=O) groups is 2. The Morgan fingerprint density at radius 2 is 2.07 bits per heavy atom. The molecule has 3 heterocycles. The second-order valence-corrected chi connectivity index (χ2v) is 8.00. The zero-order valence-corrected chi connectivity index (χ0v) is 17.1. The third-order valence-electron chi connectivity index (χ3n) is 5.92. The van der Waals surface area contributed by atoms with Crippen LogP contribution in [-0.4, -0.2) is 41.3 Å². The first-order chi connectivity index (χ1) is 14.7. The van der Waals surface area contributed by atoms with Crippen molar-refractivity contribution < 1.29 is 9.59 Å². The van der Waals surface area contributed by atoms with Crippen LogP contribution in [0.25, 0.3) is 0 Å². The lowest BCUT2D eigenvalue weighted by atomic mass is 9.88. The monoisotopic (exact) mass is 407 g/mol. The molecule has 2 fully saturated rings. The van der Waals surface area contributed by atoms with Crippen LogP contribution in [-0.2, 0) is 16.1 Å². The summed E-state index contributed by atoms with van der Waals surface area (Å²) in [6.45, 7) is 2.88. The van der Waals surface area contributed by atoms with Gasteiger partial charge in [-0.2, -0.15) is 0 Å². The lowest BCUT2D eigenvalue weighted by Gasteiger charge is -2.20. The number of hydrogen-bond acceptors (Lipinski definition) is 5. The minimum atomic E-state index is 0.0300. The number of rotatable bonds is 8. The summed E-state index contributed by atoms with van der Waals surface area (Å²) in [5, 5.41) is 3.01. The van der Waals surface area contributed by atoms with Crippen molar-refractivity contribution in [3.05, 3.63) is 65.5 Å². The van der Waals surface area contributed by atoms with Crippen molar-refractivity contribution in [1.29, 1.82) is 0 Å². The molecule has 2 unspecified atom stereocenters. The summed E-state index contributed by atoms with van der Waals surface area (Å²) >= 11 is 0. The third kappa shape index (κ3) is 5.04. The molecule has 1 aromatic heterocycles. The Hall–Kier alpha value is -2.77. The smallest absolute Gasteiger partial charge is 0.222 e. The van der Waals surface area contributed by atoms with E-state index < -0.39 is 0 Å². The lowest BCUT2D eigenvalue weighted by molar-refractivity contribution is -0.128. The molecule has 0 saturated carbocycles. The molecule has 0 spiro atoms. The molecule has 2 saturated heterocycles. The fourth-order valence-corrected chi connectivity index (χ4v) is 4.29. The van der Waals surface area contributed by atoms with E-state index in [0.717, 1.165) is 25.1 Å². The highest BCUT2D eigenvalue weighted by atomic mass is 16.2. The van der Waals surface area contributed by atoms with Gasteiger partial charge in [0.05, 0.1) is 6.04 Å². The molecule has 2 aliphatic rings. The van der Waals surface area contributed by atoms with E-state index in [4.69, 9.17) is 0 Å². The predicted molar refractivity (Wildman–Crippen MR) is 114 cm³/mol. The van der Waals surface area contributed by atoms with Gasteiger partial charge in [-0.3, -0.25) is 20.0 Å². The Balaban J connectivity index is 1.29. The van der Waals surface area contributed by atoms with E-state index in [1.54, 1.807) is 0 Å². The SMILES string of the molecule is O=C(CCCN1CCCC1=O)NCc1cccc(C2NNCC2c2ccncc2)c1. The first-order valence-electron chi connectivity index (χ1n) is 10.7. The van der Waals surface area contributed by atoms with E-state index in [0.29, 0.717) is 38.3 Å². The van der Waals surface area contributed by atoms with Crippen LogP contribution in [0, 0.1) is 0 Å². The Morgan fingerprint density at radius 1 is 1.20 bits per heavy atom. The summed E-state index contributed by atoms with van der Waals surface area (Å²) in [5.74, 6) is 0.570. The van der Waals surface area contributed by atoms with Crippen LogP contribution >= 0.6 is 0 Å². The van der Waals surface area contributed by atoms with Crippen LogP contribution in [0.15, 0.2) is 48.8 Å². The number of amides is 2. The molecule has 30 heavy (non-hydrogen) atoms. The first-order valence-corrected chi connectivity index (χ1v) is 10.7. The number of pyridine rings is 1. The van der Waals surface area contributed by atoms with Crippen LogP contribution < -0.4 is 16.2 Å². The van der Waals surface area contributed by atoms with Gasteiger partial charge in [0.2, 0.25) is 11.8 Å². The summed E-state index contributed by atoms with van der Waals surface area (Å²) in [4.78, 5) is 29.8. The molecule has 158 valence electrons. The van der Waals surface area contributed by atoms with E-state index in [1.165, 1.54) is 11.1 Å². The maximum Gasteiger partial charge on any atom is 0.222 e. The number of hydrogen-bond donors (Lipinski definition) is 3. The molecule has 2 aromatic rings. The number of nitrogens with one attached hydrogen (secondary N) is 3. The topological polar surface area (TPSA) is 86.4 Å². The van der Waals surface area contributed by atoms with Gasteiger partial charge in [0.1, 0.15) is 0 Å².